The summed E-state index contributed by atoms with van der Waals surface area (Å²) in [6.45, 7) is 0. The standard InChI is InChI=1S/C13H8Br2FN3/c14-6-4-9(17)12-10(5-6)18-13(19-12)7-2-1-3-8(15)11(7)16/h1-5H,17H2,(H,18,19). The minimum Gasteiger partial charge on any atom is -0.397 e. The van der Waals surface area contributed by atoms with Gasteiger partial charge >= 0.3 is 0 Å². The molecule has 0 amide bonds. The average Bonchev–Trinajstić information content (AvgIpc) is 2.76. The van der Waals surface area contributed by atoms with E-state index in [1.54, 1.807) is 24.3 Å². The third kappa shape index (κ3) is 2.15. The fourth-order valence-corrected chi connectivity index (χ4v) is 2.76. The molecule has 0 bridgehead atoms. The van der Waals surface area contributed by atoms with Gasteiger partial charge in [-0.15, -0.1) is 0 Å². The van der Waals surface area contributed by atoms with Crippen molar-refractivity contribution in [1.82, 2.24) is 9.97 Å². The first-order chi connectivity index (χ1) is 9.06. The van der Waals surface area contributed by atoms with Crippen molar-refractivity contribution >= 4 is 48.6 Å². The molecule has 3 nitrogen and oxygen atoms in total. The van der Waals surface area contributed by atoms with Gasteiger partial charge in [0.2, 0.25) is 0 Å². The summed E-state index contributed by atoms with van der Waals surface area (Å²) in [6, 6.07) is 8.70. The number of nitrogen functional groups attached to an aromatic ring is 1. The van der Waals surface area contributed by atoms with Gasteiger partial charge in [0.15, 0.2) is 0 Å². The van der Waals surface area contributed by atoms with Gasteiger partial charge in [-0.3, -0.25) is 0 Å². The Kier molecular flexibility index (Phi) is 3.06. The summed E-state index contributed by atoms with van der Waals surface area (Å²) in [5.41, 5.74) is 8.25. The van der Waals surface area contributed by atoms with Gasteiger partial charge < -0.3 is 10.7 Å². The van der Waals surface area contributed by atoms with Crippen LogP contribution in [0.15, 0.2) is 39.3 Å². The van der Waals surface area contributed by atoms with Crippen LogP contribution in [0.4, 0.5) is 10.1 Å². The summed E-state index contributed by atoms with van der Waals surface area (Å²) in [7, 11) is 0. The summed E-state index contributed by atoms with van der Waals surface area (Å²) >= 11 is 6.53. The molecule has 0 radical (unpaired) electrons. The molecule has 1 aromatic heterocycles. The first-order valence-electron chi connectivity index (χ1n) is 5.45. The quantitative estimate of drug-likeness (QED) is 0.608. The summed E-state index contributed by atoms with van der Waals surface area (Å²) in [5.74, 6) is 0.109. The van der Waals surface area contributed by atoms with Gasteiger partial charge in [0.1, 0.15) is 17.2 Å². The topological polar surface area (TPSA) is 54.7 Å². The van der Waals surface area contributed by atoms with Gasteiger partial charge in [0.05, 0.1) is 21.2 Å². The van der Waals surface area contributed by atoms with Gasteiger partial charge in [0.25, 0.3) is 0 Å². The summed E-state index contributed by atoms with van der Waals surface area (Å²) in [6.07, 6.45) is 0. The van der Waals surface area contributed by atoms with Crippen LogP contribution in [0.2, 0.25) is 0 Å². The largest absolute Gasteiger partial charge is 0.397 e. The Labute approximate surface area is 125 Å². The van der Waals surface area contributed by atoms with E-state index >= 15 is 0 Å². The van der Waals surface area contributed by atoms with E-state index in [0.717, 1.165) is 9.99 Å². The number of nitrogens with zero attached hydrogens (tertiary/aromatic N) is 1. The predicted octanol–water partition coefficient (Wildman–Crippen LogP) is 4.48. The monoisotopic (exact) mass is 383 g/mol. The lowest BCUT2D eigenvalue weighted by molar-refractivity contribution is 0.623. The first kappa shape index (κ1) is 12.6. The predicted molar refractivity (Wildman–Crippen MR) is 81.3 cm³/mol. The van der Waals surface area contributed by atoms with Crippen LogP contribution < -0.4 is 5.73 Å². The lowest BCUT2D eigenvalue weighted by Crippen LogP contribution is -1.88. The molecule has 0 atom stereocenters. The van der Waals surface area contributed by atoms with Gasteiger partial charge in [0, 0.05) is 4.47 Å². The van der Waals surface area contributed by atoms with Crippen molar-refractivity contribution in [3.63, 3.8) is 0 Å². The van der Waals surface area contributed by atoms with E-state index in [2.05, 4.69) is 41.8 Å². The van der Waals surface area contributed by atoms with E-state index < -0.39 is 0 Å². The molecule has 0 aliphatic rings. The maximum Gasteiger partial charge on any atom is 0.148 e. The molecule has 6 heteroatoms. The molecule has 19 heavy (non-hydrogen) atoms. The second-order valence-corrected chi connectivity index (χ2v) is 5.85. The zero-order chi connectivity index (χ0) is 13.6. The molecule has 0 saturated heterocycles. The minimum atomic E-state index is -0.348. The number of rotatable bonds is 1. The van der Waals surface area contributed by atoms with Crippen molar-refractivity contribution in [2.45, 2.75) is 0 Å². The number of H-pyrrole nitrogens is 1. The number of anilines is 1. The minimum absolute atomic E-state index is 0.348. The van der Waals surface area contributed by atoms with Gasteiger partial charge in [-0.1, -0.05) is 22.0 Å². The molecule has 0 aliphatic carbocycles. The summed E-state index contributed by atoms with van der Waals surface area (Å²) in [5, 5.41) is 0. The molecule has 0 fully saturated rings. The number of halogens is 3. The van der Waals surface area contributed by atoms with Gasteiger partial charge in [-0.2, -0.15) is 0 Å². The number of benzene rings is 2. The van der Waals surface area contributed by atoms with E-state index in [1.807, 2.05) is 6.07 Å². The highest BCUT2D eigenvalue weighted by molar-refractivity contribution is 9.10. The molecule has 3 N–H and O–H groups in total. The van der Waals surface area contributed by atoms with Crippen LogP contribution in [0.3, 0.4) is 0 Å². The maximum atomic E-state index is 14.0. The number of nitrogens with one attached hydrogen (secondary N) is 1. The normalized spacial score (nSPS) is 11.1. The van der Waals surface area contributed by atoms with Crippen molar-refractivity contribution in [1.29, 1.82) is 0 Å². The Morgan fingerprint density at radius 1 is 1.21 bits per heavy atom. The van der Waals surface area contributed by atoms with Gasteiger partial charge in [-0.25, -0.2) is 9.37 Å². The molecule has 96 valence electrons. The molecule has 0 spiro atoms. The second kappa shape index (κ2) is 4.61. The Hall–Kier alpha value is -1.40. The third-order valence-electron chi connectivity index (χ3n) is 2.79. The van der Waals surface area contributed by atoms with Crippen LogP contribution in [0, 0.1) is 5.82 Å². The average molecular weight is 385 g/mol. The molecule has 1 heterocycles. The molecule has 0 unspecified atom stereocenters. The lowest BCUT2D eigenvalue weighted by atomic mass is 10.2. The molecular weight excluding hydrogens is 377 g/mol. The summed E-state index contributed by atoms with van der Waals surface area (Å²) in [4.78, 5) is 7.44. The highest BCUT2D eigenvalue weighted by Gasteiger charge is 2.13. The fourth-order valence-electron chi connectivity index (χ4n) is 1.92. The highest BCUT2D eigenvalue weighted by Crippen LogP contribution is 2.30. The second-order valence-electron chi connectivity index (χ2n) is 4.08. The van der Waals surface area contributed by atoms with Crippen molar-refractivity contribution < 1.29 is 4.39 Å². The number of hydrogen-bond donors (Lipinski definition) is 2. The lowest BCUT2D eigenvalue weighted by Gasteiger charge is -2.00. The SMILES string of the molecule is Nc1cc(Br)cc2[nH]c(-c3cccc(Br)c3F)nc12. The Morgan fingerprint density at radius 2 is 2.00 bits per heavy atom. The number of nitrogens with two attached hydrogens (primary N) is 1. The first-order valence-corrected chi connectivity index (χ1v) is 7.04. The van der Waals surface area contributed by atoms with E-state index in [9.17, 15) is 4.39 Å². The van der Waals surface area contributed by atoms with Crippen molar-refractivity contribution in [2.24, 2.45) is 0 Å². The maximum absolute atomic E-state index is 14.0. The van der Waals surface area contributed by atoms with Crippen molar-refractivity contribution in [2.75, 3.05) is 5.73 Å². The van der Waals surface area contributed by atoms with Crippen LogP contribution in [0.1, 0.15) is 0 Å². The smallest absolute Gasteiger partial charge is 0.148 e. The van der Waals surface area contributed by atoms with E-state index in [-0.39, 0.29) is 5.82 Å². The van der Waals surface area contributed by atoms with Gasteiger partial charge in [-0.05, 0) is 40.2 Å². The van der Waals surface area contributed by atoms with Crippen molar-refractivity contribution in [3.05, 3.63) is 45.1 Å². The molecule has 0 saturated carbocycles. The third-order valence-corrected chi connectivity index (χ3v) is 3.86. The van der Waals surface area contributed by atoms with E-state index in [4.69, 9.17) is 5.73 Å². The Morgan fingerprint density at radius 3 is 2.79 bits per heavy atom. The van der Waals surface area contributed by atoms with Crippen molar-refractivity contribution in [3.8, 4) is 11.4 Å². The number of imidazole rings is 1. The molecule has 3 rings (SSSR count). The van der Waals surface area contributed by atoms with Crippen LogP contribution in [-0.2, 0) is 0 Å². The van der Waals surface area contributed by atoms with E-state index in [0.29, 0.717) is 27.1 Å². The van der Waals surface area contributed by atoms with Crippen LogP contribution in [-0.4, -0.2) is 9.97 Å². The zero-order valence-electron chi connectivity index (χ0n) is 9.55. The zero-order valence-corrected chi connectivity index (χ0v) is 12.7. The highest BCUT2D eigenvalue weighted by atomic mass is 79.9. The van der Waals surface area contributed by atoms with Crippen LogP contribution in [0.5, 0.6) is 0 Å². The Bertz CT molecular complexity index is 783. The van der Waals surface area contributed by atoms with E-state index in [1.165, 1.54) is 0 Å². The summed E-state index contributed by atoms with van der Waals surface area (Å²) < 4.78 is 15.3. The Balaban J connectivity index is 2.26. The fraction of sp³-hybridized carbons (Fsp3) is 0. The molecular formula is C13H8Br2FN3. The number of aromatic amines is 1. The van der Waals surface area contributed by atoms with Crippen LogP contribution >= 0.6 is 31.9 Å². The number of fused-ring (bicyclic) bond motifs is 1. The number of hydrogen-bond acceptors (Lipinski definition) is 2. The van der Waals surface area contributed by atoms with Crippen LogP contribution in [0.25, 0.3) is 22.4 Å². The molecule has 3 aromatic rings. The number of aromatic nitrogens is 2. The molecule has 2 aromatic carbocycles. The molecule has 0 aliphatic heterocycles.